The van der Waals surface area contributed by atoms with Crippen molar-refractivity contribution in [3.8, 4) is 0 Å². The number of fused-ring (bicyclic) bond motifs is 1. The number of hydrogen-bond donors (Lipinski definition) is 1. The fourth-order valence-electron chi connectivity index (χ4n) is 2.86. The highest BCUT2D eigenvalue weighted by atomic mass is 16.5. The van der Waals surface area contributed by atoms with Crippen LogP contribution in [0.1, 0.15) is 21.5 Å². The van der Waals surface area contributed by atoms with Crippen molar-refractivity contribution in [3.05, 3.63) is 80.0 Å². The van der Waals surface area contributed by atoms with Gasteiger partial charge in [0.25, 0.3) is 5.56 Å². The summed E-state index contributed by atoms with van der Waals surface area (Å²) in [4.78, 5) is 37.2. The first-order valence-corrected chi connectivity index (χ1v) is 8.06. The van der Waals surface area contributed by atoms with Gasteiger partial charge in [0.15, 0.2) is 0 Å². The van der Waals surface area contributed by atoms with Gasteiger partial charge >= 0.3 is 11.7 Å². The van der Waals surface area contributed by atoms with Gasteiger partial charge in [-0.2, -0.15) is 0 Å². The number of carbonyl (C=O) groups excluding carboxylic acids is 1. The van der Waals surface area contributed by atoms with Crippen LogP contribution >= 0.6 is 0 Å². The zero-order chi connectivity index (χ0) is 18.8. The monoisotopic (exact) mass is 353 g/mol. The third kappa shape index (κ3) is 3.04. The number of ether oxygens (including phenoxy) is 1. The van der Waals surface area contributed by atoms with Crippen molar-refractivity contribution >= 4 is 16.9 Å². The Morgan fingerprint density at radius 1 is 1.08 bits per heavy atom. The second-order valence-electron chi connectivity index (χ2n) is 5.98. The molecular weight excluding hydrogens is 334 g/mol. The van der Waals surface area contributed by atoms with Crippen LogP contribution < -0.4 is 17.0 Å². The standard InChI is InChI=1S/C19H19N3O4/c1-21-16-8-7-14(18(24)26-2)9-15(16)17(23)22(19(21)25)11-13-5-3-12(10-20)4-6-13/h3-9H,10-11,20H2,1-2H3. The van der Waals surface area contributed by atoms with E-state index in [9.17, 15) is 14.4 Å². The summed E-state index contributed by atoms with van der Waals surface area (Å²) in [5.41, 5.74) is 7.22. The van der Waals surface area contributed by atoms with Crippen LogP contribution in [0.2, 0.25) is 0 Å². The zero-order valence-electron chi connectivity index (χ0n) is 14.6. The lowest BCUT2D eigenvalue weighted by atomic mass is 10.1. The summed E-state index contributed by atoms with van der Waals surface area (Å²) in [5.74, 6) is -0.538. The van der Waals surface area contributed by atoms with Gasteiger partial charge in [-0.1, -0.05) is 24.3 Å². The third-order valence-electron chi connectivity index (χ3n) is 4.37. The molecule has 26 heavy (non-hydrogen) atoms. The third-order valence-corrected chi connectivity index (χ3v) is 4.37. The molecule has 0 aliphatic heterocycles. The molecule has 0 amide bonds. The molecule has 1 aromatic heterocycles. The van der Waals surface area contributed by atoms with Crippen LogP contribution in [0.25, 0.3) is 10.9 Å². The largest absolute Gasteiger partial charge is 0.465 e. The lowest BCUT2D eigenvalue weighted by Crippen LogP contribution is -2.39. The Bertz CT molecular complexity index is 1090. The highest BCUT2D eigenvalue weighted by molar-refractivity contribution is 5.94. The number of aryl methyl sites for hydroxylation is 1. The Balaban J connectivity index is 2.16. The van der Waals surface area contributed by atoms with Crippen LogP contribution in [-0.2, 0) is 24.9 Å². The van der Waals surface area contributed by atoms with E-state index in [1.54, 1.807) is 13.1 Å². The minimum Gasteiger partial charge on any atom is -0.465 e. The Morgan fingerprint density at radius 3 is 2.35 bits per heavy atom. The van der Waals surface area contributed by atoms with E-state index in [0.717, 1.165) is 15.7 Å². The summed E-state index contributed by atoms with van der Waals surface area (Å²) in [6.45, 7) is 0.559. The molecule has 0 aliphatic rings. The number of aromatic nitrogens is 2. The summed E-state index contributed by atoms with van der Waals surface area (Å²) in [5, 5.41) is 0.286. The molecule has 1 heterocycles. The van der Waals surface area contributed by atoms with Gasteiger partial charge in [-0.3, -0.25) is 13.9 Å². The fourth-order valence-corrected chi connectivity index (χ4v) is 2.86. The maximum Gasteiger partial charge on any atom is 0.337 e. The number of hydrogen-bond acceptors (Lipinski definition) is 5. The first-order chi connectivity index (χ1) is 12.5. The van der Waals surface area contributed by atoms with Crippen LogP contribution in [0.3, 0.4) is 0 Å². The lowest BCUT2D eigenvalue weighted by molar-refractivity contribution is 0.0601. The van der Waals surface area contributed by atoms with Crippen molar-refractivity contribution in [1.29, 1.82) is 0 Å². The smallest absolute Gasteiger partial charge is 0.337 e. The minimum atomic E-state index is -0.538. The second-order valence-corrected chi connectivity index (χ2v) is 5.98. The van der Waals surface area contributed by atoms with Crippen molar-refractivity contribution in [3.63, 3.8) is 0 Å². The quantitative estimate of drug-likeness (QED) is 0.706. The molecule has 2 aromatic carbocycles. The van der Waals surface area contributed by atoms with Crippen molar-refractivity contribution in [2.45, 2.75) is 13.1 Å². The van der Waals surface area contributed by atoms with Crippen LogP contribution in [0.5, 0.6) is 0 Å². The SMILES string of the molecule is COC(=O)c1ccc2c(c1)c(=O)n(Cc1ccc(CN)cc1)c(=O)n2C. The predicted molar refractivity (Wildman–Crippen MR) is 98.2 cm³/mol. The number of nitrogens with zero attached hydrogens (tertiary/aromatic N) is 2. The molecule has 0 fully saturated rings. The van der Waals surface area contributed by atoms with E-state index in [2.05, 4.69) is 0 Å². The van der Waals surface area contributed by atoms with Gasteiger partial charge in [0.1, 0.15) is 0 Å². The van der Waals surface area contributed by atoms with E-state index in [-0.39, 0.29) is 17.5 Å². The van der Waals surface area contributed by atoms with Gasteiger partial charge in [0, 0.05) is 13.6 Å². The molecule has 0 spiro atoms. The van der Waals surface area contributed by atoms with Crippen LogP contribution in [0, 0.1) is 0 Å². The molecule has 0 saturated carbocycles. The van der Waals surface area contributed by atoms with Crippen LogP contribution in [-0.4, -0.2) is 22.2 Å². The summed E-state index contributed by atoms with van der Waals surface area (Å²) >= 11 is 0. The average Bonchev–Trinajstić information content (AvgIpc) is 2.69. The number of rotatable bonds is 4. The van der Waals surface area contributed by atoms with E-state index in [1.165, 1.54) is 23.8 Å². The normalized spacial score (nSPS) is 10.9. The lowest BCUT2D eigenvalue weighted by Gasteiger charge is -2.12. The Hall–Kier alpha value is -3.19. The highest BCUT2D eigenvalue weighted by Crippen LogP contribution is 2.12. The average molecular weight is 353 g/mol. The van der Waals surface area contributed by atoms with E-state index >= 15 is 0 Å². The molecule has 0 unspecified atom stereocenters. The summed E-state index contributed by atoms with van der Waals surface area (Å²) in [6, 6.07) is 12.0. The number of methoxy groups -OCH3 is 1. The first kappa shape index (κ1) is 17.6. The predicted octanol–water partition coefficient (Wildman–Crippen LogP) is 0.994. The number of esters is 1. The molecule has 0 saturated heterocycles. The van der Waals surface area contributed by atoms with Crippen molar-refractivity contribution < 1.29 is 9.53 Å². The molecule has 0 atom stereocenters. The minimum absolute atomic E-state index is 0.134. The molecular formula is C19H19N3O4. The Morgan fingerprint density at radius 2 is 1.73 bits per heavy atom. The summed E-state index contributed by atoms with van der Waals surface area (Å²) in [7, 11) is 2.87. The summed E-state index contributed by atoms with van der Waals surface area (Å²) in [6.07, 6.45) is 0. The topological polar surface area (TPSA) is 96.3 Å². The molecule has 0 bridgehead atoms. The van der Waals surface area contributed by atoms with Gasteiger partial charge in [-0.25, -0.2) is 9.59 Å². The zero-order valence-corrected chi connectivity index (χ0v) is 14.6. The molecule has 3 aromatic rings. The summed E-state index contributed by atoms with van der Waals surface area (Å²) < 4.78 is 7.25. The first-order valence-electron chi connectivity index (χ1n) is 8.06. The van der Waals surface area contributed by atoms with Gasteiger partial charge in [-0.15, -0.1) is 0 Å². The van der Waals surface area contributed by atoms with Gasteiger partial charge in [0.2, 0.25) is 0 Å². The highest BCUT2D eigenvalue weighted by Gasteiger charge is 2.14. The van der Waals surface area contributed by atoms with E-state index in [1.807, 2.05) is 24.3 Å². The van der Waals surface area contributed by atoms with Crippen LogP contribution in [0.4, 0.5) is 0 Å². The molecule has 2 N–H and O–H groups in total. The molecule has 0 aliphatic carbocycles. The maximum atomic E-state index is 12.9. The van der Waals surface area contributed by atoms with Crippen LogP contribution in [0.15, 0.2) is 52.1 Å². The van der Waals surface area contributed by atoms with Crippen molar-refractivity contribution in [2.75, 3.05) is 7.11 Å². The molecule has 7 heteroatoms. The molecule has 7 nitrogen and oxygen atoms in total. The van der Waals surface area contributed by atoms with Crippen molar-refractivity contribution in [2.24, 2.45) is 12.8 Å². The van der Waals surface area contributed by atoms with Crippen molar-refractivity contribution in [1.82, 2.24) is 9.13 Å². The fraction of sp³-hybridized carbons (Fsp3) is 0.211. The molecule has 134 valence electrons. The maximum absolute atomic E-state index is 12.9. The van der Waals surface area contributed by atoms with E-state index in [4.69, 9.17) is 10.5 Å². The molecule has 0 radical (unpaired) electrons. The van der Waals surface area contributed by atoms with E-state index < -0.39 is 17.2 Å². The molecule has 3 rings (SSSR count). The van der Waals surface area contributed by atoms with Gasteiger partial charge in [-0.05, 0) is 29.3 Å². The van der Waals surface area contributed by atoms with E-state index in [0.29, 0.717) is 12.1 Å². The van der Waals surface area contributed by atoms with Gasteiger partial charge < -0.3 is 10.5 Å². The van der Waals surface area contributed by atoms with Gasteiger partial charge in [0.05, 0.1) is 30.1 Å². The second kappa shape index (κ2) is 6.97. The number of benzene rings is 2. The Labute approximate surface area is 149 Å². The Kier molecular flexibility index (Phi) is 4.73. The number of nitrogens with two attached hydrogens (primary N) is 1. The number of carbonyl (C=O) groups is 1.